The highest BCUT2D eigenvalue weighted by molar-refractivity contribution is 8.24. The molecule has 1 saturated heterocycles. The molecule has 6 heteroatoms. The molecule has 1 amide bonds. The predicted molar refractivity (Wildman–Crippen MR) is 48.5 cm³/mol. The summed E-state index contributed by atoms with van der Waals surface area (Å²) in [5, 5.41) is 9.83. The zero-order valence-electron chi connectivity index (χ0n) is 4.84. The number of rotatable bonds is 0. The molecule has 1 heterocycles. The Hall–Kier alpha value is -0.290. The van der Waals surface area contributed by atoms with Crippen molar-refractivity contribution in [2.24, 2.45) is 0 Å². The van der Waals surface area contributed by atoms with E-state index in [4.69, 9.17) is 5.41 Å². The normalized spacial score (nSPS) is 14.8. The fourth-order valence-electron chi connectivity index (χ4n) is 0.317. The highest BCUT2D eigenvalue weighted by Crippen LogP contribution is 2.06. The van der Waals surface area contributed by atoms with E-state index in [1.54, 1.807) is 5.16 Å². The van der Waals surface area contributed by atoms with Crippen molar-refractivity contribution in [3.8, 4) is 0 Å². The van der Waals surface area contributed by atoms with E-state index in [0.29, 0.717) is 10.1 Å². The smallest absolute Gasteiger partial charge is 0.235 e. The Balaban J connectivity index is 0.000000236. The number of hydrogen-bond donors (Lipinski definition) is 2. The van der Waals surface area contributed by atoms with Crippen LogP contribution in [-0.2, 0) is 4.79 Å². The maximum Gasteiger partial charge on any atom is 0.235 e. The lowest BCUT2D eigenvalue weighted by molar-refractivity contribution is -0.116. The van der Waals surface area contributed by atoms with Crippen LogP contribution in [0.4, 0.5) is 0 Å². The summed E-state index contributed by atoms with van der Waals surface area (Å²) in [6.45, 7) is 0. The minimum Gasteiger partial charge on any atom is -0.311 e. The van der Waals surface area contributed by atoms with Crippen molar-refractivity contribution in [1.82, 2.24) is 5.32 Å². The lowest BCUT2D eigenvalue weighted by Crippen LogP contribution is -2.18. The minimum absolute atomic E-state index is 0.0231. The fourth-order valence-corrected chi connectivity index (χ4v) is 1.13. The van der Waals surface area contributed by atoms with Gasteiger partial charge >= 0.3 is 0 Å². The molecule has 0 radical (unpaired) electrons. The van der Waals surface area contributed by atoms with E-state index >= 15 is 0 Å². The molecular weight excluding hydrogens is 188 g/mol. The van der Waals surface area contributed by atoms with Crippen LogP contribution in [0.2, 0.25) is 0 Å². The molecular formula is C4H4N2OS3. The van der Waals surface area contributed by atoms with E-state index in [1.165, 1.54) is 11.8 Å². The van der Waals surface area contributed by atoms with Crippen LogP contribution < -0.4 is 5.32 Å². The van der Waals surface area contributed by atoms with Gasteiger partial charge in [0.2, 0.25) is 5.91 Å². The van der Waals surface area contributed by atoms with Gasteiger partial charge in [-0.3, -0.25) is 4.79 Å². The minimum atomic E-state index is 0.0231. The van der Waals surface area contributed by atoms with Gasteiger partial charge in [-0.25, -0.2) is 5.41 Å². The molecule has 10 heavy (non-hydrogen) atoms. The molecule has 0 unspecified atom stereocenters. The van der Waals surface area contributed by atoms with Gasteiger partial charge in [0.15, 0.2) is 0 Å². The standard InChI is InChI=1S/C3H3NOS2.CHNS/c5-2-1-7-3(6)4-2;2-1-3/h1H2,(H,4,5,6);2H. The molecule has 1 aliphatic heterocycles. The third kappa shape index (κ3) is 4.58. The number of amides is 1. The first-order chi connectivity index (χ1) is 4.70. The van der Waals surface area contributed by atoms with Crippen LogP contribution >= 0.6 is 36.2 Å². The maximum absolute atomic E-state index is 10.2. The maximum atomic E-state index is 10.2. The Morgan fingerprint density at radius 2 is 2.30 bits per heavy atom. The molecule has 0 atom stereocenters. The quantitative estimate of drug-likeness (QED) is 0.440. The molecule has 0 aromatic heterocycles. The van der Waals surface area contributed by atoms with Gasteiger partial charge in [-0.1, -0.05) is 24.0 Å². The first-order valence-corrected chi connectivity index (χ1v) is 4.01. The van der Waals surface area contributed by atoms with Gasteiger partial charge in [0.1, 0.15) is 4.32 Å². The average Bonchev–Trinajstić information content (AvgIpc) is 2.17. The number of hydrogen-bond acceptors (Lipinski definition) is 5. The summed E-state index contributed by atoms with van der Waals surface area (Å²) in [6.07, 6.45) is 0. The molecule has 1 fully saturated rings. The van der Waals surface area contributed by atoms with Crippen LogP contribution in [0.5, 0.6) is 0 Å². The van der Waals surface area contributed by atoms with Gasteiger partial charge in [-0.2, -0.15) is 0 Å². The number of carbonyl (C=O) groups excluding carboxylic acids is 1. The van der Waals surface area contributed by atoms with Crippen LogP contribution in [0.3, 0.4) is 0 Å². The van der Waals surface area contributed by atoms with Crippen molar-refractivity contribution in [3.05, 3.63) is 0 Å². The Labute approximate surface area is 73.1 Å². The second-order valence-electron chi connectivity index (χ2n) is 1.23. The molecule has 0 aromatic rings. The average molecular weight is 192 g/mol. The lowest BCUT2D eigenvalue weighted by atomic mass is 10.7. The van der Waals surface area contributed by atoms with Crippen LogP contribution in [0.15, 0.2) is 0 Å². The summed E-state index contributed by atoms with van der Waals surface area (Å²) in [7, 11) is 0. The Morgan fingerprint density at radius 3 is 2.40 bits per heavy atom. The summed E-state index contributed by atoms with van der Waals surface area (Å²) in [6, 6.07) is 0. The van der Waals surface area contributed by atoms with E-state index in [0.717, 1.165) is 0 Å². The van der Waals surface area contributed by atoms with Crippen LogP contribution in [0, 0.1) is 5.41 Å². The third-order valence-corrected chi connectivity index (χ3v) is 1.80. The van der Waals surface area contributed by atoms with E-state index in [-0.39, 0.29) is 5.91 Å². The van der Waals surface area contributed by atoms with Gasteiger partial charge in [0.05, 0.1) is 10.9 Å². The number of carbonyl (C=O) groups is 1. The van der Waals surface area contributed by atoms with Crippen molar-refractivity contribution >= 4 is 51.6 Å². The first kappa shape index (κ1) is 9.71. The molecule has 54 valence electrons. The lowest BCUT2D eigenvalue weighted by Gasteiger charge is -1.81. The Bertz CT molecular complexity index is 171. The zero-order valence-corrected chi connectivity index (χ0v) is 7.29. The van der Waals surface area contributed by atoms with Crippen molar-refractivity contribution < 1.29 is 4.79 Å². The van der Waals surface area contributed by atoms with Crippen molar-refractivity contribution in [2.75, 3.05) is 5.75 Å². The van der Waals surface area contributed by atoms with Crippen molar-refractivity contribution in [3.63, 3.8) is 0 Å². The molecule has 0 spiro atoms. The van der Waals surface area contributed by atoms with Crippen molar-refractivity contribution in [2.45, 2.75) is 0 Å². The molecule has 3 nitrogen and oxygen atoms in total. The van der Waals surface area contributed by atoms with Gasteiger partial charge in [-0.05, 0) is 12.2 Å². The predicted octanol–water partition coefficient (Wildman–Crippen LogP) is 0.802. The number of thiocarbonyl (C=S) groups is 2. The largest absolute Gasteiger partial charge is 0.311 e. The molecule has 1 aliphatic rings. The molecule has 0 aromatic carbocycles. The second-order valence-corrected chi connectivity index (χ2v) is 3.08. The van der Waals surface area contributed by atoms with Crippen LogP contribution in [-0.4, -0.2) is 21.1 Å². The van der Waals surface area contributed by atoms with E-state index in [2.05, 4.69) is 29.8 Å². The fraction of sp³-hybridized carbons (Fsp3) is 0.250. The number of thioether (sulfide) groups is 1. The van der Waals surface area contributed by atoms with Crippen LogP contribution in [0.25, 0.3) is 0 Å². The van der Waals surface area contributed by atoms with Gasteiger partial charge in [0, 0.05) is 0 Å². The van der Waals surface area contributed by atoms with Gasteiger partial charge < -0.3 is 5.32 Å². The van der Waals surface area contributed by atoms with E-state index in [9.17, 15) is 4.79 Å². The van der Waals surface area contributed by atoms with Gasteiger partial charge in [-0.15, -0.1) is 0 Å². The zero-order chi connectivity index (χ0) is 7.98. The van der Waals surface area contributed by atoms with E-state index in [1.807, 2.05) is 0 Å². The third-order valence-electron chi connectivity index (χ3n) is 0.576. The highest BCUT2D eigenvalue weighted by atomic mass is 32.2. The monoisotopic (exact) mass is 192 g/mol. The number of isothiocyanates is 1. The van der Waals surface area contributed by atoms with E-state index < -0.39 is 0 Å². The molecule has 0 aliphatic carbocycles. The van der Waals surface area contributed by atoms with Gasteiger partial charge in [0.25, 0.3) is 0 Å². The SMILES string of the molecule is N=C=S.O=C1CSC(=S)N1. The second kappa shape index (κ2) is 5.49. The summed E-state index contributed by atoms with van der Waals surface area (Å²) < 4.78 is 0.602. The molecule has 0 bridgehead atoms. The highest BCUT2D eigenvalue weighted by Gasteiger charge is 2.13. The van der Waals surface area contributed by atoms with Crippen LogP contribution in [0.1, 0.15) is 0 Å². The summed E-state index contributed by atoms with van der Waals surface area (Å²) >= 11 is 9.81. The number of nitrogens with one attached hydrogen (secondary N) is 2. The molecule has 1 rings (SSSR count). The summed E-state index contributed by atoms with van der Waals surface area (Å²) in [4.78, 5) is 10.2. The summed E-state index contributed by atoms with van der Waals surface area (Å²) in [5.41, 5.74) is 0. The topological polar surface area (TPSA) is 53.0 Å². The Kier molecular flexibility index (Phi) is 5.33. The first-order valence-electron chi connectivity index (χ1n) is 2.21. The Morgan fingerprint density at radius 1 is 1.80 bits per heavy atom. The summed E-state index contributed by atoms with van der Waals surface area (Å²) in [5.74, 6) is 0.522. The van der Waals surface area contributed by atoms with Crippen molar-refractivity contribution in [1.29, 1.82) is 5.41 Å². The molecule has 0 saturated carbocycles. The molecule has 2 N–H and O–H groups in total.